The first-order valence-electron chi connectivity index (χ1n) is 6.90. The van der Waals surface area contributed by atoms with Crippen LogP contribution in [0.15, 0.2) is 24.5 Å². The molecule has 0 amide bonds. The van der Waals surface area contributed by atoms with Crippen LogP contribution in [-0.4, -0.2) is 36.6 Å². The summed E-state index contributed by atoms with van der Waals surface area (Å²) in [4.78, 5) is 6.62. The fourth-order valence-corrected chi connectivity index (χ4v) is 2.97. The van der Waals surface area contributed by atoms with Crippen molar-refractivity contribution in [2.45, 2.75) is 26.8 Å². The van der Waals surface area contributed by atoms with Gasteiger partial charge in [-0.25, -0.2) is 0 Å². The average Bonchev–Trinajstić information content (AvgIpc) is 2.80. The molecule has 1 fully saturated rings. The monoisotopic (exact) mass is 247 g/mol. The normalized spacial score (nSPS) is 24.1. The number of nitrogens with one attached hydrogen (secondary N) is 1. The molecule has 18 heavy (non-hydrogen) atoms. The van der Waals surface area contributed by atoms with Crippen molar-refractivity contribution < 1.29 is 0 Å². The molecule has 100 valence electrons. The van der Waals surface area contributed by atoms with E-state index < -0.39 is 0 Å². The molecule has 2 rings (SSSR count). The molecule has 1 atom stereocenters. The molecule has 1 aromatic heterocycles. The van der Waals surface area contributed by atoms with E-state index in [2.05, 4.69) is 42.2 Å². The van der Waals surface area contributed by atoms with Gasteiger partial charge in [0.15, 0.2) is 0 Å². The molecule has 0 spiro atoms. The maximum absolute atomic E-state index is 4.18. The van der Waals surface area contributed by atoms with E-state index >= 15 is 0 Å². The lowest BCUT2D eigenvalue weighted by atomic mass is 9.76. The van der Waals surface area contributed by atoms with E-state index in [1.165, 1.54) is 18.5 Å². The zero-order chi connectivity index (χ0) is 13.0. The van der Waals surface area contributed by atoms with Crippen molar-refractivity contribution in [3.8, 4) is 0 Å². The Balaban J connectivity index is 1.95. The van der Waals surface area contributed by atoms with Crippen molar-refractivity contribution in [3.05, 3.63) is 30.1 Å². The molecule has 0 aromatic carbocycles. The average molecular weight is 247 g/mol. The van der Waals surface area contributed by atoms with E-state index in [0.29, 0.717) is 5.41 Å². The molecule has 1 aliphatic rings. The van der Waals surface area contributed by atoms with Crippen molar-refractivity contribution in [2.24, 2.45) is 11.3 Å². The summed E-state index contributed by atoms with van der Waals surface area (Å²) in [6.07, 6.45) is 5.09. The second-order valence-electron chi connectivity index (χ2n) is 5.98. The van der Waals surface area contributed by atoms with Crippen molar-refractivity contribution in [1.82, 2.24) is 15.2 Å². The van der Waals surface area contributed by atoms with Gasteiger partial charge in [-0.05, 0) is 43.0 Å². The molecule has 0 saturated carbocycles. The van der Waals surface area contributed by atoms with Gasteiger partial charge in [-0.1, -0.05) is 19.9 Å². The van der Waals surface area contributed by atoms with Crippen molar-refractivity contribution in [3.63, 3.8) is 0 Å². The van der Waals surface area contributed by atoms with Crippen molar-refractivity contribution >= 4 is 0 Å². The summed E-state index contributed by atoms with van der Waals surface area (Å²) in [7, 11) is 2.22. The Hall–Kier alpha value is -0.930. The first kappa shape index (κ1) is 13.5. The van der Waals surface area contributed by atoms with Crippen LogP contribution < -0.4 is 5.32 Å². The van der Waals surface area contributed by atoms with Crippen LogP contribution in [0.2, 0.25) is 0 Å². The van der Waals surface area contributed by atoms with Gasteiger partial charge in [0.2, 0.25) is 0 Å². The highest BCUT2D eigenvalue weighted by atomic mass is 15.1. The highest BCUT2D eigenvalue weighted by Gasteiger charge is 2.37. The van der Waals surface area contributed by atoms with E-state index in [-0.39, 0.29) is 0 Å². The Bertz CT molecular complexity index is 355. The SMILES string of the molecule is CC(C)C1(CN(C)Cc2cccnc2)CCNC1. The van der Waals surface area contributed by atoms with E-state index in [9.17, 15) is 0 Å². The van der Waals surface area contributed by atoms with E-state index in [1.54, 1.807) is 0 Å². The zero-order valence-electron chi connectivity index (χ0n) is 11.8. The maximum atomic E-state index is 4.18. The molecule has 3 heteroatoms. The van der Waals surface area contributed by atoms with Crippen LogP contribution in [0, 0.1) is 11.3 Å². The van der Waals surface area contributed by atoms with E-state index in [1.807, 2.05) is 18.5 Å². The molecule has 1 N–H and O–H groups in total. The molecular formula is C15H25N3. The largest absolute Gasteiger partial charge is 0.316 e. The molecule has 1 unspecified atom stereocenters. The van der Waals surface area contributed by atoms with Crippen LogP contribution in [0.1, 0.15) is 25.8 Å². The van der Waals surface area contributed by atoms with Crippen LogP contribution in [0.3, 0.4) is 0 Å². The lowest BCUT2D eigenvalue weighted by molar-refractivity contribution is 0.132. The summed E-state index contributed by atoms with van der Waals surface area (Å²) in [6.45, 7) is 9.17. The third-order valence-corrected chi connectivity index (χ3v) is 4.26. The van der Waals surface area contributed by atoms with Gasteiger partial charge >= 0.3 is 0 Å². The highest BCUT2D eigenvalue weighted by Crippen LogP contribution is 2.34. The minimum atomic E-state index is 0.441. The summed E-state index contributed by atoms with van der Waals surface area (Å²) in [5, 5.41) is 3.52. The Kier molecular flexibility index (Phi) is 4.36. The second-order valence-corrected chi connectivity index (χ2v) is 5.98. The van der Waals surface area contributed by atoms with Crippen LogP contribution in [0.25, 0.3) is 0 Å². The first-order valence-corrected chi connectivity index (χ1v) is 6.90. The van der Waals surface area contributed by atoms with Gasteiger partial charge in [-0.15, -0.1) is 0 Å². The number of pyridine rings is 1. The molecule has 0 bridgehead atoms. The second kappa shape index (κ2) is 5.81. The lowest BCUT2D eigenvalue weighted by Gasteiger charge is -2.36. The van der Waals surface area contributed by atoms with Gasteiger partial charge in [-0.2, -0.15) is 0 Å². The third kappa shape index (κ3) is 3.09. The third-order valence-electron chi connectivity index (χ3n) is 4.26. The van der Waals surface area contributed by atoms with Gasteiger partial charge in [0, 0.05) is 32.0 Å². The van der Waals surface area contributed by atoms with Crippen LogP contribution in [-0.2, 0) is 6.54 Å². The fourth-order valence-electron chi connectivity index (χ4n) is 2.97. The molecule has 0 radical (unpaired) electrons. The number of hydrogen-bond acceptors (Lipinski definition) is 3. The Morgan fingerprint density at radius 3 is 2.89 bits per heavy atom. The van der Waals surface area contributed by atoms with Gasteiger partial charge in [0.25, 0.3) is 0 Å². The number of hydrogen-bond donors (Lipinski definition) is 1. The smallest absolute Gasteiger partial charge is 0.0312 e. The predicted octanol–water partition coefficient (Wildman–Crippen LogP) is 2.15. The molecular weight excluding hydrogens is 222 g/mol. The maximum Gasteiger partial charge on any atom is 0.0312 e. The Morgan fingerprint density at radius 2 is 2.33 bits per heavy atom. The van der Waals surface area contributed by atoms with Crippen LogP contribution in [0.4, 0.5) is 0 Å². The Morgan fingerprint density at radius 1 is 1.50 bits per heavy atom. The van der Waals surface area contributed by atoms with E-state index in [4.69, 9.17) is 0 Å². The standard InChI is InChI=1S/C15H25N3/c1-13(2)15(6-8-17-11-15)12-18(3)10-14-5-4-7-16-9-14/h4-5,7,9,13,17H,6,8,10-12H2,1-3H3. The molecule has 1 aliphatic heterocycles. The molecule has 1 saturated heterocycles. The van der Waals surface area contributed by atoms with Gasteiger partial charge in [0.1, 0.15) is 0 Å². The minimum Gasteiger partial charge on any atom is -0.316 e. The summed E-state index contributed by atoms with van der Waals surface area (Å²) in [6, 6.07) is 4.16. The lowest BCUT2D eigenvalue weighted by Crippen LogP contribution is -2.41. The first-order chi connectivity index (χ1) is 8.62. The molecule has 3 nitrogen and oxygen atoms in total. The van der Waals surface area contributed by atoms with Gasteiger partial charge < -0.3 is 10.2 Å². The van der Waals surface area contributed by atoms with Gasteiger partial charge in [-0.3, -0.25) is 4.98 Å². The summed E-state index contributed by atoms with van der Waals surface area (Å²) >= 11 is 0. The van der Waals surface area contributed by atoms with E-state index in [0.717, 1.165) is 25.6 Å². The molecule has 0 aliphatic carbocycles. The number of nitrogens with zero attached hydrogens (tertiary/aromatic N) is 2. The molecule has 2 heterocycles. The minimum absolute atomic E-state index is 0.441. The summed E-state index contributed by atoms with van der Waals surface area (Å²) in [5.41, 5.74) is 1.74. The number of rotatable bonds is 5. The number of aromatic nitrogens is 1. The molecule has 1 aromatic rings. The van der Waals surface area contributed by atoms with Gasteiger partial charge in [0.05, 0.1) is 0 Å². The predicted molar refractivity (Wildman–Crippen MR) is 75.3 cm³/mol. The quantitative estimate of drug-likeness (QED) is 0.864. The highest BCUT2D eigenvalue weighted by molar-refractivity contribution is 5.08. The zero-order valence-corrected chi connectivity index (χ0v) is 11.8. The van der Waals surface area contributed by atoms with Crippen molar-refractivity contribution in [2.75, 3.05) is 26.7 Å². The Labute approximate surface area is 111 Å². The van der Waals surface area contributed by atoms with Crippen LogP contribution >= 0.6 is 0 Å². The van der Waals surface area contributed by atoms with Crippen molar-refractivity contribution in [1.29, 1.82) is 0 Å². The topological polar surface area (TPSA) is 28.2 Å². The van der Waals surface area contributed by atoms with Crippen LogP contribution in [0.5, 0.6) is 0 Å². The summed E-state index contributed by atoms with van der Waals surface area (Å²) < 4.78 is 0. The summed E-state index contributed by atoms with van der Waals surface area (Å²) in [5.74, 6) is 0.726. The fraction of sp³-hybridized carbons (Fsp3) is 0.667.